The van der Waals surface area contributed by atoms with Crippen molar-refractivity contribution in [3.8, 4) is 11.8 Å². The molecule has 7 N–H and O–H groups in total. The average Bonchev–Trinajstić information content (AvgIpc) is 1.64. The molecule has 7 aliphatic heterocycles. The Morgan fingerprint density at radius 1 is 0.414 bits per heavy atom. The summed E-state index contributed by atoms with van der Waals surface area (Å²) in [6.07, 6.45) is 2.44. The van der Waals surface area contributed by atoms with E-state index in [1.54, 1.807) is 61.5 Å². The Morgan fingerprint density at radius 3 is 1.19 bits per heavy atom. The fourth-order valence-corrected chi connectivity index (χ4v) is 17.0. The Labute approximate surface area is 756 Å². The van der Waals surface area contributed by atoms with Crippen LogP contribution in [-0.4, -0.2) is 269 Å². The van der Waals surface area contributed by atoms with Gasteiger partial charge in [-0.2, -0.15) is 0 Å². The average molecular weight is 1770 g/mol. The third kappa shape index (κ3) is 21.1. The Hall–Kier alpha value is -13.0. The maximum Gasteiger partial charge on any atom is 0.338 e. The molecule has 4 amide bonds. The molecule has 0 atom stereocenters. The number of carbonyl (C=O) groups is 7. The fraction of sp³-hybridized carbons (Fsp3) is 0.296. The van der Waals surface area contributed by atoms with Crippen LogP contribution < -0.4 is 25.8 Å². The molecule has 3 saturated heterocycles. The highest BCUT2D eigenvalue weighted by molar-refractivity contribution is 6.36. The third-order valence-electron chi connectivity index (χ3n) is 23.9. The van der Waals surface area contributed by atoms with E-state index in [4.69, 9.17) is 34.7 Å². The number of aromatic hydroxyl groups is 2. The first-order valence-electron chi connectivity index (χ1n) is 42.5. The molecular formula is C98H107Cl2N15O13. The largest absolute Gasteiger partial charge is 0.495 e. The number of nitrogens with one attached hydrogen (secondary N) is 3. The molecule has 0 unspecified atom stereocenters. The maximum atomic E-state index is 13.2. The second-order valence-electron chi connectivity index (χ2n) is 32.2. The van der Waals surface area contributed by atoms with Crippen molar-refractivity contribution in [2.24, 2.45) is 9.98 Å². The number of nitrogens with zero attached hydrogens (tertiary/aromatic N) is 11. The summed E-state index contributed by atoms with van der Waals surface area (Å²) in [5.74, 6) is -0.685. The number of amides is 4. The van der Waals surface area contributed by atoms with E-state index in [9.17, 15) is 43.8 Å². The second-order valence-corrected chi connectivity index (χ2v) is 32.2. The van der Waals surface area contributed by atoms with E-state index in [0.717, 1.165) is 177 Å². The molecule has 0 radical (unpaired) electrons. The van der Waals surface area contributed by atoms with E-state index in [1.165, 1.54) is 26.9 Å². The molecule has 3 fully saturated rings. The molecule has 128 heavy (non-hydrogen) atoms. The molecule has 9 aromatic carbocycles. The van der Waals surface area contributed by atoms with Crippen LogP contribution in [0.5, 0.6) is 11.8 Å². The van der Waals surface area contributed by atoms with Gasteiger partial charge in [0.2, 0.25) is 17.7 Å². The Balaban J connectivity index is 0.000000152. The zero-order valence-electron chi connectivity index (χ0n) is 72.8. The molecule has 28 nitrogen and oxygen atoms in total. The van der Waals surface area contributed by atoms with Crippen LogP contribution in [-0.2, 0) is 57.4 Å². The SMILES string of the molecule is CCOC(=O)c1ccc2c(C(=Nc3ccc4c(c3)CCN4C(=O)CN3CCN(C)CC3)c3ccccc3)c(O)[nH]c2c1.CN1CCN(CC(=O)N2CCc3cc(N)ccc32)CC1.COC(=O)c1ccc2c(C(=Nc3ccc4c(c3)CCN4C(=O)CN3CCN(C)CC3)c3ccccc3)c(O)[nH]c2c1.COC(=O)c1ccc2c(c1)NC(=O)/C2=C(\OC)c1ccccc1.Cl.Cl. The van der Waals surface area contributed by atoms with Crippen molar-refractivity contribution in [3.63, 3.8) is 0 Å². The lowest BCUT2D eigenvalue weighted by Gasteiger charge is -2.32. The monoisotopic (exact) mass is 1770 g/mol. The van der Waals surface area contributed by atoms with Crippen molar-refractivity contribution in [1.82, 2.24) is 39.4 Å². The van der Waals surface area contributed by atoms with Crippen LogP contribution in [0, 0.1) is 0 Å². The number of rotatable bonds is 18. The number of nitrogens with two attached hydrogens (primary N) is 1. The van der Waals surface area contributed by atoms with E-state index in [0.29, 0.717) is 106 Å². The number of aliphatic imine (C=N–C) groups is 2. The van der Waals surface area contributed by atoms with Gasteiger partial charge in [-0.25, -0.2) is 24.4 Å². The van der Waals surface area contributed by atoms with Crippen molar-refractivity contribution in [1.29, 1.82) is 0 Å². The number of hydrogen-bond acceptors (Lipinski definition) is 22. The molecule has 0 spiro atoms. The van der Waals surface area contributed by atoms with Crippen LogP contribution in [0.2, 0.25) is 0 Å². The van der Waals surface area contributed by atoms with E-state index >= 15 is 0 Å². The number of carbonyl (C=O) groups excluding carboxylic acids is 7. The third-order valence-corrected chi connectivity index (χ3v) is 23.9. The molecule has 18 rings (SSSR count). The lowest BCUT2D eigenvalue weighted by Crippen LogP contribution is -2.48. The number of benzene rings is 9. The molecule has 9 heterocycles. The second kappa shape index (κ2) is 42.1. The van der Waals surface area contributed by atoms with Crippen LogP contribution in [0.15, 0.2) is 210 Å². The minimum absolute atomic E-state index is 0. The van der Waals surface area contributed by atoms with Gasteiger partial charge in [-0.05, 0) is 155 Å². The number of aromatic nitrogens is 2. The van der Waals surface area contributed by atoms with Gasteiger partial charge in [-0.3, -0.25) is 33.9 Å². The summed E-state index contributed by atoms with van der Waals surface area (Å²) in [5.41, 5.74) is 23.2. The zero-order valence-corrected chi connectivity index (χ0v) is 74.4. The van der Waals surface area contributed by atoms with Crippen molar-refractivity contribution < 1.29 is 62.7 Å². The predicted octanol–water partition coefficient (Wildman–Crippen LogP) is 12.5. The highest BCUT2D eigenvalue weighted by atomic mass is 35.5. The summed E-state index contributed by atoms with van der Waals surface area (Å²) in [7, 11) is 10.5. The number of nitrogen functional groups attached to an aromatic ring is 1. The minimum Gasteiger partial charge on any atom is -0.495 e. The normalized spacial score (nSPS) is 16.3. The summed E-state index contributed by atoms with van der Waals surface area (Å²) in [6.45, 7) is 17.1. The quantitative estimate of drug-likeness (QED) is 0.0116. The number of halogens is 2. The predicted molar refractivity (Wildman–Crippen MR) is 506 cm³/mol. The van der Waals surface area contributed by atoms with E-state index < -0.39 is 17.9 Å². The maximum absolute atomic E-state index is 13.2. The van der Waals surface area contributed by atoms with Gasteiger partial charge in [0.15, 0.2) is 11.8 Å². The number of esters is 3. The van der Waals surface area contributed by atoms with Gasteiger partial charge in [0.1, 0.15) is 5.76 Å². The van der Waals surface area contributed by atoms with Crippen LogP contribution >= 0.6 is 24.8 Å². The minimum atomic E-state index is -0.450. The first-order valence-corrected chi connectivity index (χ1v) is 42.5. The van der Waals surface area contributed by atoms with E-state index in [-0.39, 0.29) is 66.8 Å². The van der Waals surface area contributed by atoms with Crippen LogP contribution in [0.4, 0.5) is 39.8 Å². The van der Waals surface area contributed by atoms with Gasteiger partial charge in [-0.1, -0.05) is 109 Å². The Kier molecular flexibility index (Phi) is 30.4. The van der Waals surface area contributed by atoms with Crippen LogP contribution in [0.1, 0.15) is 88.1 Å². The first-order chi connectivity index (χ1) is 61.1. The van der Waals surface area contributed by atoms with E-state index in [1.807, 2.05) is 160 Å². The van der Waals surface area contributed by atoms with Gasteiger partial charge in [0.05, 0.1) is 109 Å². The molecule has 11 aromatic rings. The summed E-state index contributed by atoms with van der Waals surface area (Å²) in [5, 5.41) is 26.3. The Bertz CT molecular complexity index is 6000. The van der Waals surface area contributed by atoms with Gasteiger partial charge in [0.25, 0.3) is 5.91 Å². The number of fused-ring (bicyclic) bond motifs is 6. The highest BCUT2D eigenvalue weighted by Crippen LogP contribution is 2.41. The smallest absolute Gasteiger partial charge is 0.338 e. The number of likely N-dealkylation sites (N-methyl/N-ethyl adjacent to an activating group) is 3. The molecule has 0 aliphatic carbocycles. The number of hydrogen-bond donors (Lipinski definition) is 6. The summed E-state index contributed by atoms with van der Waals surface area (Å²) in [4.78, 5) is 123. The van der Waals surface area contributed by atoms with Crippen LogP contribution in [0.25, 0.3) is 33.1 Å². The Morgan fingerprint density at radius 2 is 0.789 bits per heavy atom. The van der Waals surface area contributed by atoms with E-state index in [2.05, 4.69) is 65.8 Å². The summed E-state index contributed by atoms with van der Waals surface area (Å²) in [6, 6.07) is 61.8. The zero-order chi connectivity index (χ0) is 88.2. The first kappa shape index (κ1) is 92.6. The van der Waals surface area contributed by atoms with Crippen molar-refractivity contribution in [2.75, 3.05) is 193 Å². The number of ether oxygens (including phenoxy) is 4. The number of aromatic amines is 2. The lowest BCUT2D eigenvalue weighted by atomic mass is 10.00. The number of methoxy groups -OCH3 is 3. The molecule has 0 bridgehead atoms. The molecule has 7 aliphatic rings. The fourth-order valence-electron chi connectivity index (χ4n) is 17.0. The van der Waals surface area contributed by atoms with Gasteiger partial charge < -0.3 is 79.6 Å². The number of H-pyrrole nitrogens is 2. The molecular weight excluding hydrogens is 1670 g/mol. The summed E-state index contributed by atoms with van der Waals surface area (Å²) < 4.78 is 20.2. The van der Waals surface area contributed by atoms with Crippen molar-refractivity contribution in [3.05, 3.63) is 267 Å². The molecule has 666 valence electrons. The van der Waals surface area contributed by atoms with Crippen molar-refractivity contribution in [2.45, 2.75) is 26.2 Å². The van der Waals surface area contributed by atoms with Gasteiger partial charge in [0, 0.05) is 165 Å². The number of piperazine rings is 3. The standard InChI is InChI=1S/C33H35N5O4.C32H33N5O4.C18H15NO4.C15H22N4O.2ClH/c1-3-42-33(41)24-9-11-26-27(20-24)35-32(40)30(26)31(22-7-5-4-6-8-22)34-25-10-12-28-23(19-25)13-14-38(28)29(39)21-37-17-15-36(2)16-18-37;1-35-14-16-36(17-15-35)20-28(38)37-13-12-22-18-24(9-11-27(22)37)33-30(21-6-4-3-5-7-21)29-25-10-8-23(32(40)41-2)19-26(25)34-31(29)39;1-22-16(11-6-4-3-5-7-11)15-13-9-8-12(18(21)23-2)10-14(13)19-17(15)20;1-17-6-8-18(9-7-17)11-15(20)19-5-4-12-10-13(16)2-3-14(12)19;;/h4-12,19-20,35,40H,3,13-18,21H2,1-2H3;3-11,18-19,34,39H,12-17,20H2,1-2H3;3-10H,1-2H3,(H,19,20);2-3,10H,4-9,11,16H2,1H3;2*1H/b;;16-15-;;;. The summed E-state index contributed by atoms with van der Waals surface area (Å²) >= 11 is 0. The molecule has 0 saturated carbocycles. The molecule has 30 heteroatoms. The highest BCUT2D eigenvalue weighted by Gasteiger charge is 2.34. The molecule has 2 aromatic heterocycles. The van der Waals surface area contributed by atoms with Crippen molar-refractivity contribution >= 4 is 151 Å². The topological polar surface area (TPSA) is 320 Å². The number of anilines is 5. The van der Waals surface area contributed by atoms with Gasteiger partial charge in [-0.15, -0.1) is 24.8 Å². The van der Waals surface area contributed by atoms with Crippen LogP contribution in [0.3, 0.4) is 0 Å². The van der Waals surface area contributed by atoms with Gasteiger partial charge >= 0.3 is 17.9 Å². The lowest BCUT2D eigenvalue weighted by molar-refractivity contribution is -0.120.